The molecule has 0 bridgehead atoms. The zero-order valence-electron chi connectivity index (χ0n) is 16.6. The highest BCUT2D eigenvalue weighted by Crippen LogP contribution is 2.31. The number of halogens is 1. The molecule has 1 aromatic heterocycles. The topological polar surface area (TPSA) is 62.3 Å². The molecule has 2 aromatic carbocycles. The van der Waals surface area contributed by atoms with Crippen LogP contribution in [0.25, 0.3) is 11.3 Å². The van der Waals surface area contributed by atoms with Gasteiger partial charge >= 0.3 is 0 Å². The molecule has 1 aliphatic rings. The van der Waals surface area contributed by atoms with Crippen molar-refractivity contribution in [2.75, 3.05) is 18.4 Å². The molecule has 4 rings (SSSR count). The van der Waals surface area contributed by atoms with Crippen LogP contribution in [0.5, 0.6) is 0 Å². The first-order valence-corrected chi connectivity index (χ1v) is 11.1. The minimum atomic E-state index is -0.251. The van der Waals surface area contributed by atoms with Crippen molar-refractivity contribution in [1.82, 2.24) is 9.88 Å². The lowest BCUT2D eigenvalue weighted by atomic mass is 9.96. The Labute approximate surface area is 184 Å². The Morgan fingerprint density at radius 1 is 1.13 bits per heavy atom. The molecule has 1 aliphatic heterocycles. The van der Waals surface area contributed by atoms with Crippen molar-refractivity contribution in [2.24, 2.45) is 5.92 Å². The van der Waals surface area contributed by atoms with E-state index in [1.807, 2.05) is 37.3 Å². The molecular weight excluding hydrogens is 418 g/mol. The summed E-state index contributed by atoms with van der Waals surface area (Å²) >= 11 is 7.38. The molecule has 1 fully saturated rings. The Hall–Kier alpha value is -2.70. The monoisotopic (exact) mass is 439 g/mol. The average molecular weight is 440 g/mol. The van der Waals surface area contributed by atoms with E-state index in [0.717, 1.165) is 29.0 Å². The first-order valence-electron chi connectivity index (χ1n) is 9.90. The minimum Gasteiger partial charge on any atom is -0.338 e. The predicted octanol–water partition coefficient (Wildman–Crippen LogP) is 5.26. The smallest absolute Gasteiger partial charge is 0.253 e. The molecule has 5 nitrogen and oxygen atoms in total. The number of carbonyl (C=O) groups excluding carboxylic acids is 2. The number of aryl methyl sites for hydroxylation is 1. The fourth-order valence-corrected chi connectivity index (χ4v) is 4.64. The number of carbonyl (C=O) groups is 2. The van der Waals surface area contributed by atoms with Gasteiger partial charge in [-0.2, -0.15) is 0 Å². The van der Waals surface area contributed by atoms with E-state index >= 15 is 0 Å². The molecular formula is C23H22ClN3O2S. The average Bonchev–Trinajstić information content (AvgIpc) is 3.14. The van der Waals surface area contributed by atoms with E-state index in [2.05, 4.69) is 10.3 Å². The summed E-state index contributed by atoms with van der Waals surface area (Å²) in [5.41, 5.74) is 2.51. The lowest BCUT2D eigenvalue weighted by Gasteiger charge is -2.32. The number of nitrogens with one attached hydrogen (secondary N) is 1. The van der Waals surface area contributed by atoms with Gasteiger partial charge in [-0.3, -0.25) is 9.59 Å². The van der Waals surface area contributed by atoms with Crippen molar-refractivity contribution in [2.45, 2.75) is 19.8 Å². The Morgan fingerprint density at radius 2 is 1.87 bits per heavy atom. The summed E-state index contributed by atoms with van der Waals surface area (Å²) in [7, 11) is 0. The third-order valence-corrected chi connectivity index (χ3v) is 6.38. The summed E-state index contributed by atoms with van der Waals surface area (Å²) in [4.78, 5) is 33.1. The van der Waals surface area contributed by atoms with E-state index in [1.165, 1.54) is 11.3 Å². The van der Waals surface area contributed by atoms with Gasteiger partial charge < -0.3 is 10.2 Å². The zero-order chi connectivity index (χ0) is 21.1. The maximum Gasteiger partial charge on any atom is 0.253 e. The summed E-state index contributed by atoms with van der Waals surface area (Å²) in [5, 5.41) is 4.15. The maximum atomic E-state index is 12.9. The molecule has 0 saturated carbocycles. The molecule has 0 aliphatic carbocycles. The number of aromatic nitrogens is 1. The van der Waals surface area contributed by atoms with Gasteiger partial charge in [-0.25, -0.2) is 4.98 Å². The van der Waals surface area contributed by atoms with Crippen LogP contribution >= 0.6 is 22.9 Å². The van der Waals surface area contributed by atoms with E-state index < -0.39 is 0 Å². The molecule has 30 heavy (non-hydrogen) atoms. The Balaban J connectivity index is 1.42. The van der Waals surface area contributed by atoms with Crippen molar-refractivity contribution in [1.29, 1.82) is 0 Å². The minimum absolute atomic E-state index is 0.0689. The number of amides is 2. The van der Waals surface area contributed by atoms with Crippen LogP contribution in [0.1, 0.15) is 28.1 Å². The van der Waals surface area contributed by atoms with Crippen LogP contribution in [-0.4, -0.2) is 34.8 Å². The number of nitrogens with zero attached hydrogens (tertiary/aromatic N) is 2. The summed E-state index contributed by atoms with van der Waals surface area (Å²) in [6.45, 7) is 3.06. The van der Waals surface area contributed by atoms with Crippen molar-refractivity contribution in [3.8, 4) is 11.3 Å². The Kier molecular flexibility index (Phi) is 6.16. The van der Waals surface area contributed by atoms with Gasteiger partial charge in [0.05, 0.1) is 11.6 Å². The third kappa shape index (κ3) is 4.55. The molecule has 2 amide bonds. The van der Waals surface area contributed by atoms with E-state index in [9.17, 15) is 9.59 Å². The van der Waals surface area contributed by atoms with Crippen LogP contribution in [0.15, 0.2) is 54.6 Å². The van der Waals surface area contributed by atoms with E-state index in [0.29, 0.717) is 28.8 Å². The highest BCUT2D eigenvalue weighted by atomic mass is 35.5. The van der Waals surface area contributed by atoms with Crippen molar-refractivity contribution < 1.29 is 9.59 Å². The number of benzene rings is 2. The Morgan fingerprint density at radius 3 is 2.60 bits per heavy atom. The molecule has 3 aromatic rings. The molecule has 2 heterocycles. The third-order valence-electron chi connectivity index (χ3n) is 5.24. The van der Waals surface area contributed by atoms with Crippen LogP contribution in [0, 0.1) is 12.8 Å². The molecule has 0 radical (unpaired) electrons. The molecule has 1 unspecified atom stereocenters. The summed E-state index contributed by atoms with van der Waals surface area (Å²) in [5.74, 6) is -0.406. The summed E-state index contributed by atoms with van der Waals surface area (Å²) < 4.78 is 0. The molecule has 154 valence electrons. The number of piperidine rings is 1. The van der Waals surface area contributed by atoms with Gasteiger partial charge in [0.1, 0.15) is 0 Å². The highest BCUT2D eigenvalue weighted by Gasteiger charge is 2.29. The van der Waals surface area contributed by atoms with Crippen LogP contribution in [0.2, 0.25) is 5.02 Å². The maximum absolute atomic E-state index is 12.9. The van der Waals surface area contributed by atoms with Gasteiger partial charge in [0, 0.05) is 34.1 Å². The van der Waals surface area contributed by atoms with Crippen molar-refractivity contribution >= 4 is 39.9 Å². The molecule has 7 heteroatoms. The van der Waals surface area contributed by atoms with Gasteiger partial charge in [0.25, 0.3) is 5.91 Å². The van der Waals surface area contributed by atoms with Crippen LogP contribution in [0.4, 0.5) is 5.13 Å². The second kappa shape index (κ2) is 8.98. The van der Waals surface area contributed by atoms with E-state index in [4.69, 9.17) is 11.6 Å². The van der Waals surface area contributed by atoms with Crippen LogP contribution in [0.3, 0.4) is 0 Å². The first-order chi connectivity index (χ1) is 14.5. The number of likely N-dealkylation sites (tertiary alicyclic amines) is 1. The summed E-state index contributed by atoms with van der Waals surface area (Å²) in [6, 6.07) is 16.8. The fraction of sp³-hybridized carbons (Fsp3) is 0.261. The number of thiazole rings is 1. The first kappa shape index (κ1) is 20.6. The van der Waals surface area contributed by atoms with Gasteiger partial charge in [-0.1, -0.05) is 41.9 Å². The summed E-state index contributed by atoms with van der Waals surface area (Å²) in [6.07, 6.45) is 1.55. The number of hydrogen-bond donors (Lipinski definition) is 1. The fourth-order valence-electron chi connectivity index (χ4n) is 3.67. The standard InChI is InChI=1S/C23H22ClN3O2S/c1-15-20(16-6-3-2-4-7-16)25-23(30-15)26-21(28)18-8-5-13-27(14-18)22(29)17-9-11-19(24)12-10-17/h2-4,6-7,9-12,18H,5,8,13-14H2,1H3,(H,25,26,28). The van der Waals surface area contributed by atoms with Crippen LogP contribution < -0.4 is 5.32 Å². The van der Waals surface area contributed by atoms with Gasteiger partial charge in [-0.15, -0.1) is 11.3 Å². The van der Waals surface area contributed by atoms with Crippen molar-refractivity contribution in [3.05, 3.63) is 70.1 Å². The second-order valence-corrected chi connectivity index (χ2v) is 9.02. The quantitative estimate of drug-likeness (QED) is 0.602. The van der Waals surface area contributed by atoms with E-state index in [1.54, 1.807) is 29.2 Å². The lowest BCUT2D eigenvalue weighted by Crippen LogP contribution is -2.43. The number of hydrogen-bond acceptors (Lipinski definition) is 4. The van der Waals surface area contributed by atoms with Crippen molar-refractivity contribution in [3.63, 3.8) is 0 Å². The number of anilines is 1. The predicted molar refractivity (Wildman–Crippen MR) is 121 cm³/mol. The molecule has 1 saturated heterocycles. The van der Waals surface area contributed by atoms with Gasteiger partial charge in [0.15, 0.2) is 5.13 Å². The second-order valence-electron chi connectivity index (χ2n) is 7.38. The molecule has 0 spiro atoms. The molecule has 1 N–H and O–H groups in total. The Bertz CT molecular complexity index is 1050. The molecule has 1 atom stereocenters. The largest absolute Gasteiger partial charge is 0.338 e. The number of rotatable bonds is 4. The normalized spacial score (nSPS) is 16.3. The van der Waals surface area contributed by atoms with Gasteiger partial charge in [0.2, 0.25) is 5.91 Å². The SMILES string of the molecule is Cc1sc(NC(=O)C2CCCN(C(=O)c3ccc(Cl)cc3)C2)nc1-c1ccccc1. The van der Waals surface area contributed by atoms with Crippen LogP contribution in [-0.2, 0) is 4.79 Å². The van der Waals surface area contributed by atoms with E-state index in [-0.39, 0.29) is 17.7 Å². The highest BCUT2D eigenvalue weighted by molar-refractivity contribution is 7.16. The zero-order valence-corrected chi connectivity index (χ0v) is 18.2. The lowest BCUT2D eigenvalue weighted by molar-refractivity contribution is -0.121. The van der Waals surface area contributed by atoms with Gasteiger partial charge in [-0.05, 0) is 44.0 Å².